The summed E-state index contributed by atoms with van der Waals surface area (Å²) < 4.78 is 4.79. The molecule has 6 heteroatoms. The lowest BCUT2D eigenvalue weighted by molar-refractivity contribution is -0.140. The monoisotopic (exact) mass is 314 g/mol. The van der Waals surface area contributed by atoms with Gasteiger partial charge in [-0.3, -0.25) is 14.5 Å². The summed E-state index contributed by atoms with van der Waals surface area (Å²) in [5, 5.41) is 3.01. The lowest BCUT2D eigenvalue weighted by atomic mass is 9.86. The van der Waals surface area contributed by atoms with Crippen molar-refractivity contribution in [1.29, 1.82) is 0 Å². The number of methoxy groups -OCH3 is 1. The van der Waals surface area contributed by atoms with Crippen LogP contribution in [0, 0.1) is 5.92 Å². The molecule has 5 nitrogen and oxygen atoms in total. The molecule has 0 spiro atoms. The Morgan fingerprint density at radius 3 is 2.81 bits per heavy atom. The molecule has 2 fully saturated rings. The van der Waals surface area contributed by atoms with Gasteiger partial charge in [0.05, 0.1) is 13.7 Å². The molecule has 0 aromatic rings. The molecule has 1 saturated carbocycles. The molecule has 2 rings (SSSR count). The van der Waals surface area contributed by atoms with Crippen LogP contribution in [0.4, 0.5) is 0 Å². The number of amides is 1. The van der Waals surface area contributed by atoms with Gasteiger partial charge in [0.2, 0.25) is 5.91 Å². The Kier molecular flexibility index (Phi) is 6.36. The first-order valence-electron chi connectivity index (χ1n) is 7.81. The second-order valence-corrected chi connectivity index (χ2v) is 7.36. The van der Waals surface area contributed by atoms with Crippen molar-refractivity contribution in [2.75, 3.05) is 32.5 Å². The average molecular weight is 314 g/mol. The number of hydrogen-bond acceptors (Lipinski definition) is 5. The van der Waals surface area contributed by atoms with Crippen molar-refractivity contribution in [1.82, 2.24) is 10.2 Å². The van der Waals surface area contributed by atoms with Crippen molar-refractivity contribution < 1.29 is 14.3 Å². The first-order chi connectivity index (χ1) is 10.1. The summed E-state index contributed by atoms with van der Waals surface area (Å²) in [6, 6.07) is 0.321. The highest BCUT2D eigenvalue weighted by molar-refractivity contribution is 8.00. The molecule has 21 heavy (non-hydrogen) atoms. The third-order valence-corrected chi connectivity index (χ3v) is 5.60. The number of esters is 1. The number of nitrogens with one attached hydrogen (secondary N) is 1. The molecule has 1 saturated heterocycles. The van der Waals surface area contributed by atoms with Crippen molar-refractivity contribution in [2.45, 2.75) is 43.9 Å². The Labute approximate surface area is 131 Å². The molecule has 0 unspecified atom stereocenters. The minimum absolute atomic E-state index is 0.0873. The van der Waals surface area contributed by atoms with E-state index in [0.717, 1.165) is 18.7 Å². The molecule has 0 aromatic heterocycles. The molecule has 1 heterocycles. The van der Waals surface area contributed by atoms with Gasteiger partial charge in [-0.2, -0.15) is 0 Å². The molecular formula is C15H26N2O3S. The second-order valence-electron chi connectivity index (χ2n) is 6.05. The summed E-state index contributed by atoms with van der Waals surface area (Å²) >= 11 is 1.61. The van der Waals surface area contributed by atoms with E-state index in [1.54, 1.807) is 11.8 Å². The van der Waals surface area contributed by atoms with E-state index < -0.39 is 0 Å². The van der Waals surface area contributed by atoms with Gasteiger partial charge in [0.25, 0.3) is 0 Å². The van der Waals surface area contributed by atoms with Crippen LogP contribution in [-0.2, 0) is 14.3 Å². The Bertz CT molecular complexity index is 378. The van der Waals surface area contributed by atoms with Crippen LogP contribution in [0.2, 0.25) is 0 Å². The minimum Gasteiger partial charge on any atom is -0.468 e. The van der Waals surface area contributed by atoms with E-state index >= 15 is 0 Å². The van der Waals surface area contributed by atoms with Crippen LogP contribution in [0.3, 0.4) is 0 Å². The number of hydrogen-bond donors (Lipinski definition) is 1. The van der Waals surface area contributed by atoms with Gasteiger partial charge in [-0.15, -0.1) is 11.8 Å². The first-order valence-corrected chi connectivity index (χ1v) is 8.86. The number of ether oxygens (including phenoxy) is 1. The summed E-state index contributed by atoms with van der Waals surface area (Å²) in [6.07, 6.45) is 4.78. The lowest BCUT2D eigenvalue weighted by Crippen LogP contribution is -2.49. The number of thioether (sulfide) groups is 1. The summed E-state index contributed by atoms with van der Waals surface area (Å²) in [6.45, 7) is 4.06. The normalized spacial score (nSPS) is 30.7. The van der Waals surface area contributed by atoms with Gasteiger partial charge in [0.15, 0.2) is 0 Å². The molecule has 1 aliphatic carbocycles. The standard InChI is InChI=1S/C15H26N2O3S/c1-11-5-3-4-6-12(11)16-14(18)10-17-7-8-21-13(9-17)15(19)20-2/h11-13H,3-10H2,1-2H3,(H,16,18)/t11-,12+,13-/m0/s1. The molecule has 2 aliphatic rings. The molecule has 0 radical (unpaired) electrons. The predicted molar refractivity (Wildman–Crippen MR) is 84.3 cm³/mol. The lowest BCUT2D eigenvalue weighted by Gasteiger charge is -2.33. The van der Waals surface area contributed by atoms with Crippen LogP contribution in [0.5, 0.6) is 0 Å². The zero-order valence-electron chi connectivity index (χ0n) is 13.0. The summed E-state index contributed by atoms with van der Waals surface area (Å²) in [7, 11) is 1.42. The molecular weight excluding hydrogens is 288 g/mol. The van der Waals surface area contributed by atoms with E-state index in [1.165, 1.54) is 26.4 Å². The minimum atomic E-state index is -0.189. The summed E-state index contributed by atoms with van der Waals surface area (Å²) in [5.41, 5.74) is 0. The SMILES string of the molecule is COC(=O)[C@@H]1CN(CC(=O)N[C@@H]2CCCC[C@@H]2C)CCS1. The topological polar surface area (TPSA) is 58.6 Å². The zero-order valence-corrected chi connectivity index (χ0v) is 13.8. The fraction of sp³-hybridized carbons (Fsp3) is 0.867. The fourth-order valence-electron chi connectivity index (χ4n) is 3.11. The highest BCUT2D eigenvalue weighted by Crippen LogP contribution is 2.24. The van der Waals surface area contributed by atoms with E-state index in [-0.39, 0.29) is 17.1 Å². The maximum absolute atomic E-state index is 12.2. The van der Waals surface area contributed by atoms with Gasteiger partial charge in [-0.25, -0.2) is 0 Å². The van der Waals surface area contributed by atoms with Gasteiger partial charge in [0.1, 0.15) is 5.25 Å². The molecule has 1 N–H and O–H groups in total. The molecule has 1 amide bonds. The summed E-state index contributed by atoms with van der Waals surface area (Å²) in [5.74, 6) is 1.34. The van der Waals surface area contributed by atoms with Crippen molar-refractivity contribution in [3.05, 3.63) is 0 Å². The third kappa shape index (κ3) is 4.88. The Balaban J connectivity index is 1.77. The first kappa shape index (κ1) is 16.6. The fourth-order valence-corrected chi connectivity index (χ4v) is 4.30. The zero-order chi connectivity index (χ0) is 15.2. The molecule has 1 aliphatic heterocycles. The number of carbonyl (C=O) groups is 2. The van der Waals surface area contributed by atoms with E-state index in [9.17, 15) is 9.59 Å². The van der Waals surface area contributed by atoms with Crippen molar-refractivity contribution in [3.8, 4) is 0 Å². The van der Waals surface area contributed by atoms with Crippen LogP contribution in [0.15, 0.2) is 0 Å². The van der Waals surface area contributed by atoms with Crippen LogP contribution < -0.4 is 5.32 Å². The number of rotatable bonds is 4. The maximum atomic E-state index is 12.2. The highest BCUT2D eigenvalue weighted by Gasteiger charge is 2.29. The maximum Gasteiger partial charge on any atom is 0.320 e. The van der Waals surface area contributed by atoms with E-state index in [0.29, 0.717) is 25.0 Å². The predicted octanol–water partition coefficient (Wildman–Crippen LogP) is 1.27. The Morgan fingerprint density at radius 2 is 2.10 bits per heavy atom. The highest BCUT2D eigenvalue weighted by atomic mass is 32.2. The molecule has 0 bridgehead atoms. The van der Waals surface area contributed by atoms with Gasteiger partial charge in [-0.05, 0) is 18.8 Å². The van der Waals surface area contributed by atoms with Crippen LogP contribution in [-0.4, -0.2) is 60.6 Å². The number of carbonyl (C=O) groups excluding carboxylic acids is 2. The van der Waals surface area contributed by atoms with Crippen LogP contribution in [0.25, 0.3) is 0 Å². The number of nitrogens with zero attached hydrogens (tertiary/aromatic N) is 1. The quantitative estimate of drug-likeness (QED) is 0.792. The second kappa shape index (κ2) is 8.03. The van der Waals surface area contributed by atoms with Crippen molar-refractivity contribution in [3.63, 3.8) is 0 Å². The molecule has 0 aromatic carbocycles. The summed E-state index contributed by atoms with van der Waals surface area (Å²) in [4.78, 5) is 25.8. The molecule has 120 valence electrons. The van der Waals surface area contributed by atoms with E-state index in [4.69, 9.17) is 4.74 Å². The largest absolute Gasteiger partial charge is 0.468 e. The van der Waals surface area contributed by atoms with Gasteiger partial charge in [-0.1, -0.05) is 19.8 Å². The average Bonchev–Trinajstić information content (AvgIpc) is 2.49. The van der Waals surface area contributed by atoms with Crippen LogP contribution in [0.1, 0.15) is 32.6 Å². The van der Waals surface area contributed by atoms with Crippen molar-refractivity contribution >= 4 is 23.6 Å². The van der Waals surface area contributed by atoms with Gasteiger partial charge in [0, 0.05) is 24.9 Å². The Hall–Kier alpha value is -0.750. The Morgan fingerprint density at radius 1 is 1.33 bits per heavy atom. The van der Waals surface area contributed by atoms with Gasteiger partial charge < -0.3 is 10.1 Å². The van der Waals surface area contributed by atoms with Crippen LogP contribution >= 0.6 is 11.8 Å². The third-order valence-electron chi connectivity index (χ3n) is 4.44. The molecule has 3 atom stereocenters. The van der Waals surface area contributed by atoms with Crippen molar-refractivity contribution in [2.24, 2.45) is 5.92 Å². The van der Waals surface area contributed by atoms with Gasteiger partial charge >= 0.3 is 5.97 Å². The smallest absolute Gasteiger partial charge is 0.320 e. The van der Waals surface area contributed by atoms with E-state index in [2.05, 4.69) is 17.1 Å². The van der Waals surface area contributed by atoms with E-state index in [1.807, 2.05) is 0 Å².